The van der Waals surface area contributed by atoms with Crippen LogP contribution in [0.2, 0.25) is 0 Å². The molecule has 0 spiro atoms. The normalized spacial score (nSPS) is 11.4. The van der Waals surface area contributed by atoms with Crippen LogP contribution in [0.4, 0.5) is 5.69 Å². The average molecular weight is 247 g/mol. The van der Waals surface area contributed by atoms with Gasteiger partial charge in [-0.05, 0) is 24.6 Å². The van der Waals surface area contributed by atoms with Crippen LogP contribution in [-0.4, -0.2) is 22.2 Å². The molecule has 1 rings (SSSR count). The molecule has 0 saturated heterocycles. The Bertz CT molecular complexity index is 496. The molecule has 1 atom stereocenters. The first-order chi connectivity index (χ1) is 8.47. The van der Waals surface area contributed by atoms with Crippen LogP contribution in [0.25, 0.3) is 0 Å². The smallest absolute Gasteiger partial charge is 0.319 e. The lowest BCUT2D eigenvalue weighted by molar-refractivity contribution is -0.154. The number of carbonyl (C=O) groups is 2. The first kappa shape index (κ1) is 13.6. The summed E-state index contributed by atoms with van der Waals surface area (Å²) in [5.74, 6) is -0.122. The average Bonchev–Trinajstić information content (AvgIpc) is 2.28. The zero-order chi connectivity index (χ0) is 13.7. The zero-order valence-corrected chi connectivity index (χ0v) is 9.75. The van der Waals surface area contributed by atoms with E-state index in [1.165, 1.54) is 6.92 Å². The summed E-state index contributed by atoms with van der Waals surface area (Å²) in [6, 6.07) is 6.34. The number of hydrogen-bond donors (Lipinski definition) is 3. The molecule has 1 unspecified atom stereocenters. The molecule has 18 heavy (non-hydrogen) atoms. The number of benzene rings is 1. The molecule has 0 fully saturated rings. The molecule has 0 heterocycles. The Balaban J connectivity index is 3.22. The number of carboxylic acids is 2. The van der Waals surface area contributed by atoms with Crippen LogP contribution in [0, 0.1) is 17.8 Å². The van der Waals surface area contributed by atoms with E-state index in [0.29, 0.717) is 11.3 Å². The number of nitrogen functional groups attached to an aromatic ring is 1. The Morgan fingerprint density at radius 2 is 1.67 bits per heavy atom. The lowest BCUT2D eigenvalue weighted by Gasteiger charge is -2.16. The lowest BCUT2D eigenvalue weighted by Crippen LogP contribution is -2.29. The van der Waals surface area contributed by atoms with Crippen molar-refractivity contribution in [3.05, 3.63) is 29.8 Å². The lowest BCUT2D eigenvalue weighted by atomic mass is 9.86. The van der Waals surface area contributed by atoms with Crippen LogP contribution in [0.1, 0.15) is 18.4 Å². The van der Waals surface area contributed by atoms with Gasteiger partial charge in [0.15, 0.2) is 5.92 Å². The van der Waals surface area contributed by atoms with Gasteiger partial charge >= 0.3 is 11.9 Å². The third kappa shape index (κ3) is 3.01. The molecular formula is C13H13NO4. The Morgan fingerprint density at radius 3 is 2.06 bits per heavy atom. The molecule has 94 valence electrons. The van der Waals surface area contributed by atoms with Gasteiger partial charge in [0.2, 0.25) is 0 Å². The second kappa shape index (κ2) is 5.73. The van der Waals surface area contributed by atoms with Crippen molar-refractivity contribution in [1.82, 2.24) is 0 Å². The largest absolute Gasteiger partial charge is 0.481 e. The summed E-state index contributed by atoms with van der Waals surface area (Å²) in [4.78, 5) is 22.0. The van der Waals surface area contributed by atoms with Gasteiger partial charge in [-0.25, -0.2) is 0 Å². The molecule has 0 amide bonds. The van der Waals surface area contributed by atoms with E-state index in [9.17, 15) is 9.59 Å². The van der Waals surface area contributed by atoms with Crippen molar-refractivity contribution in [2.75, 3.05) is 5.73 Å². The van der Waals surface area contributed by atoms with Gasteiger partial charge in [0.05, 0.1) is 5.92 Å². The number of rotatable bonds is 4. The molecule has 0 bridgehead atoms. The highest BCUT2D eigenvalue weighted by Gasteiger charge is 2.34. The molecule has 0 aromatic heterocycles. The first-order valence-electron chi connectivity index (χ1n) is 5.20. The highest BCUT2D eigenvalue weighted by Crippen LogP contribution is 2.25. The standard InChI is InChI=1S/C13H13NO4/c1-2-3-10(11(12(15)16)13(17)18)8-4-6-9(14)7-5-8/h4-7,10-11H,14H2,1H3,(H,15,16)(H,17,18). The fraction of sp³-hybridized carbons (Fsp3) is 0.231. The number of aliphatic carboxylic acids is 2. The van der Waals surface area contributed by atoms with Crippen molar-refractivity contribution in [2.45, 2.75) is 12.8 Å². The molecule has 5 heteroatoms. The summed E-state index contributed by atoms with van der Waals surface area (Å²) in [7, 11) is 0. The van der Waals surface area contributed by atoms with Crippen molar-refractivity contribution in [2.24, 2.45) is 5.92 Å². The van der Waals surface area contributed by atoms with Crippen molar-refractivity contribution in [3.8, 4) is 11.8 Å². The maximum atomic E-state index is 11.0. The Morgan fingerprint density at radius 1 is 1.17 bits per heavy atom. The first-order valence-corrected chi connectivity index (χ1v) is 5.20. The zero-order valence-electron chi connectivity index (χ0n) is 9.75. The van der Waals surface area contributed by atoms with Gasteiger partial charge in [0.1, 0.15) is 0 Å². The molecule has 0 aliphatic heterocycles. The van der Waals surface area contributed by atoms with Crippen LogP contribution in [0.3, 0.4) is 0 Å². The summed E-state index contributed by atoms with van der Waals surface area (Å²) in [5, 5.41) is 18.0. The minimum absolute atomic E-state index is 0.518. The highest BCUT2D eigenvalue weighted by molar-refractivity contribution is 5.94. The van der Waals surface area contributed by atoms with Gasteiger partial charge in [-0.2, -0.15) is 0 Å². The molecule has 0 radical (unpaired) electrons. The van der Waals surface area contributed by atoms with Gasteiger partial charge in [0.25, 0.3) is 0 Å². The van der Waals surface area contributed by atoms with Crippen molar-refractivity contribution in [3.63, 3.8) is 0 Å². The fourth-order valence-corrected chi connectivity index (χ4v) is 1.61. The van der Waals surface area contributed by atoms with Crippen LogP contribution in [0.15, 0.2) is 24.3 Å². The SMILES string of the molecule is CC#CC(c1ccc(N)cc1)C(C(=O)O)C(=O)O. The number of anilines is 1. The number of nitrogens with two attached hydrogens (primary N) is 1. The van der Waals surface area contributed by atoms with Gasteiger partial charge in [-0.15, -0.1) is 5.92 Å². The predicted molar refractivity (Wildman–Crippen MR) is 65.8 cm³/mol. The summed E-state index contributed by atoms with van der Waals surface area (Å²) in [6.45, 7) is 1.53. The van der Waals surface area contributed by atoms with Crippen LogP contribution < -0.4 is 5.73 Å². The molecule has 1 aromatic rings. The van der Waals surface area contributed by atoms with E-state index < -0.39 is 23.8 Å². The van der Waals surface area contributed by atoms with Crippen molar-refractivity contribution in [1.29, 1.82) is 0 Å². The third-order valence-electron chi connectivity index (χ3n) is 2.46. The van der Waals surface area contributed by atoms with Gasteiger partial charge in [-0.1, -0.05) is 18.1 Å². The summed E-state index contributed by atoms with van der Waals surface area (Å²) < 4.78 is 0. The van der Waals surface area contributed by atoms with Crippen LogP contribution in [-0.2, 0) is 9.59 Å². The maximum Gasteiger partial charge on any atom is 0.319 e. The quantitative estimate of drug-likeness (QED) is 0.421. The van der Waals surface area contributed by atoms with Gasteiger partial charge in [0, 0.05) is 5.69 Å². The van der Waals surface area contributed by atoms with E-state index >= 15 is 0 Å². The summed E-state index contributed by atoms with van der Waals surface area (Å²) in [6.07, 6.45) is 0. The Kier molecular flexibility index (Phi) is 4.33. The Labute approximate surface area is 104 Å². The highest BCUT2D eigenvalue weighted by atomic mass is 16.4. The summed E-state index contributed by atoms with van der Waals surface area (Å²) >= 11 is 0. The van der Waals surface area contributed by atoms with E-state index in [4.69, 9.17) is 15.9 Å². The number of carboxylic acid groups (broad SMARTS) is 2. The fourth-order valence-electron chi connectivity index (χ4n) is 1.61. The maximum absolute atomic E-state index is 11.0. The van der Waals surface area contributed by atoms with Crippen molar-refractivity contribution >= 4 is 17.6 Å². The molecule has 4 N–H and O–H groups in total. The molecule has 5 nitrogen and oxygen atoms in total. The van der Waals surface area contributed by atoms with E-state index in [1.54, 1.807) is 24.3 Å². The van der Waals surface area contributed by atoms with Crippen LogP contribution >= 0.6 is 0 Å². The van der Waals surface area contributed by atoms with Gasteiger partial charge in [-0.3, -0.25) is 9.59 Å². The molecule has 0 aliphatic rings. The van der Waals surface area contributed by atoms with E-state index in [0.717, 1.165) is 0 Å². The molecule has 1 aromatic carbocycles. The minimum atomic E-state index is -1.60. The minimum Gasteiger partial charge on any atom is -0.481 e. The van der Waals surface area contributed by atoms with Gasteiger partial charge < -0.3 is 15.9 Å². The van der Waals surface area contributed by atoms with Crippen LogP contribution in [0.5, 0.6) is 0 Å². The predicted octanol–water partition coefficient (Wildman–Crippen LogP) is 1.16. The molecular weight excluding hydrogens is 234 g/mol. The molecule has 0 aliphatic carbocycles. The third-order valence-corrected chi connectivity index (χ3v) is 2.46. The van der Waals surface area contributed by atoms with E-state index in [-0.39, 0.29) is 0 Å². The second-order valence-corrected chi connectivity index (χ2v) is 3.69. The summed E-state index contributed by atoms with van der Waals surface area (Å²) in [5.41, 5.74) is 6.57. The van der Waals surface area contributed by atoms with Crippen molar-refractivity contribution < 1.29 is 19.8 Å². The second-order valence-electron chi connectivity index (χ2n) is 3.69. The number of hydrogen-bond acceptors (Lipinski definition) is 3. The van der Waals surface area contributed by atoms with E-state index in [1.807, 2.05) is 0 Å². The topological polar surface area (TPSA) is 101 Å². The monoisotopic (exact) mass is 247 g/mol. The van der Waals surface area contributed by atoms with E-state index in [2.05, 4.69) is 11.8 Å². The molecule has 0 saturated carbocycles. The Hall–Kier alpha value is -2.48.